The average molecular weight is 458 g/mol. The first-order valence-electron chi connectivity index (χ1n) is 10.1. The van der Waals surface area contributed by atoms with E-state index < -0.39 is 23.6 Å². The van der Waals surface area contributed by atoms with E-state index in [0.717, 1.165) is 36.7 Å². The van der Waals surface area contributed by atoms with Crippen molar-refractivity contribution >= 4 is 23.6 Å². The minimum atomic E-state index is -0.778. The number of likely N-dealkylation sites (tertiary alicyclic amines) is 1. The number of rotatable bonds is 6. The monoisotopic (exact) mass is 457 g/mol. The topological polar surface area (TPSA) is 94.1 Å². The van der Waals surface area contributed by atoms with Crippen molar-refractivity contribution in [2.24, 2.45) is 5.73 Å². The highest BCUT2D eigenvalue weighted by Gasteiger charge is 2.31. The Morgan fingerprint density at radius 3 is 2.59 bits per heavy atom. The Morgan fingerprint density at radius 1 is 1.09 bits per heavy atom. The molecule has 1 saturated heterocycles. The zero-order valence-electron chi connectivity index (χ0n) is 17.1. The molecule has 4 rings (SSSR count). The second kappa shape index (κ2) is 9.47. The lowest BCUT2D eigenvalue weighted by atomic mass is 10.0. The third kappa shape index (κ3) is 4.50. The number of carbonyl (C=O) groups excluding carboxylic acids is 2. The summed E-state index contributed by atoms with van der Waals surface area (Å²) in [7, 11) is 0. The molecular formula is C22H21F2N5O2S. The molecule has 2 N–H and O–H groups in total. The van der Waals surface area contributed by atoms with E-state index >= 15 is 0 Å². The molecular weight excluding hydrogens is 436 g/mol. The van der Waals surface area contributed by atoms with Gasteiger partial charge in [-0.2, -0.15) is 0 Å². The Kier molecular flexibility index (Phi) is 6.50. The number of hydrogen-bond donors (Lipinski definition) is 1. The molecule has 2 aromatic carbocycles. The van der Waals surface area contributed by atoms with Gasteiger partial charge in [-0.05, 0) is 31.4 Å². The largest absolute Gasteiger partial charge is 0.368 e. The summed E-state index contributed by atoms with van der Waals surface area (Å²) in [4.78, 5) is 26.1. The average Bonchev–Trinajstić information content (AvgIpc) is 3.21. The smallest absolute Gasteiger partial charge is 0.240 e. The lowest BCUT2D eigenvalue weighted by Crippen LogP contribution is -2.51. The molecule has 0 aliphatic carbocycles. The summed E-state index contributed by atoms with van der Waals surface area (Å²) in [6.45, 7) is 0.460. The van der Waals surface area contributed by atoms with Gasteiger partial charge in [0, 0.05) is 18.2 Å². The Morgan fingerprint density at radius 2 is 1.88 bits per heavy atom. The number of nitrogens with two attached hydrogens (primary N) is 1. The van der Waals surface area contributed by atoms with Crippen LogP contribution in [0.2, 0.25) is 0 Å². The molecule has 1 aliphatic heterocycles. The van der Waals surface area contributed by atoms with E-state index in [1.807, 2.05) is 18.2 Å². The highest BCUT2D eigenvalue weighted by Crippen LogP contribution is 2.30. The van der Waals surface area contributed by atoms with Gasteiger partial charge in [-0.25, -0.2) is 8.78 Å². The van der Waals surface area contributed by atoms with Gasteiger partial charge in [0.2, 0.25) is 11.8 Å². The van der Waals surface area contributed by atoms with Crippen molar-refractivity contribution in [1.82, 2.24) is 19.7 Å². The molecule has 0 radical (unpaired) electrons. The van der Waals surface area contributed by atoms with Crippen LogP contribution in [0.5, 0.6) is 0 Å². The summed E-state index contributed by atoms with van der Waals surface area (Å²) in [5, 5.41) is 8.62. The molecule has 1 unspecified atom stereocenters. The van der Waals surface area contributed by atoms with Gasteiger partial charge in [-0.3, -0.25) is 14.2 Å². The standard InChI is InChI=1S/C22H21F2N5O2S/c23-15-9-10-17(16(24)12-15)29-21(14-6-2-1-3-7-14)26-27-22(29)32-13-19(30)28-11-5-4-8-18(28)20(25)31/h1-3,6-7,9-10,12,18H,4-5,8,11,13H2,(H2,25,31). The molecule has 7 nitrogen and oxygen atoms in total. The normalized spacial score (nSPS) is 16.2. The molecule has 1 aromatic heterocycles. The second-order valence-corrected chi connectivity index (χ2v) is 8.34. The molecule has 32 heavy (non-hydrogen) atoms. The highest BCUT2D eigenvalue weighted by atomic mass is 32.2. The SMILES string of the molecule is NC(=O)C1CCCCN1C(=O)CSc1nnc(-c2ccccc2)n1-c1ccc(F)cc1F. The summed E-state index contributed by atoms with van der Waals surface area (Å²) < 4.78 is 29.6. The first kappa shape index (κ1) is 21.9. The maximum absolute atomic E-state index is 14.7. The predicted octanol–water partition coefficient (Wildman–Crippen LogP) is 3.17. The third-order valence-electron chi connectivity index (χ3n) is 5.29. The Bertz CT molecular complexity index is 1140. The number of thioether (sulfide) groups is 1. The fourth-order valence-corrected chi connectivity index (χ4v) is 4.58. The summed E-state index contributed by atoms with van der Waals surface area (Å²) >= 11 is 1.07. The number of benzene rings is 2. The van der Waals surface area contributed by atoms with Crippen LogP contribution in [0.1, 0.15) is 19.3 Å². The Labute approximate surface area is 187 Å². The van der Waals surface area contributed by atoms with E-state index in [0.29, 0.717) is 24.4 Å². The van der Waals surface area contributed by atoms with Crippen molar-refractivity contribution in [3.8, 4) is 17.1 Å². The molecule has 2 heterocycles. The van der Waals surface area contributed by atoms with Crippen LogP contribution in [-0.4, -0.2) is 49.8 Å². The van der Waals surface area contributed by atoms with Gasteiger partial charge in [-0.15, -0.1) is 10.2 Å². The fraction of sp³-hybridized carbons (Fsp3) is 0.273. The van der Waals surface area contributed by atoms with Gasteiger partial charge in [0.05, 0.1) is 11.4 Å². The molecule has 166 valence electrons. The molecule has 10 heteroatoms. The Balaban J connectivity index is 1.65. The van der Waals surface area contributed by atoms with Crippen LogP contribution >= 0.6 is 11.8 Å². The van der Waals surface area contributed by atoms with Gasteiger partial charge < -0.3 is 10.6 Å². The maximum atomic E-state index is 14.7. The number of amides is 2. The number of carbonyl (C=O) groups is 2. The second-order valence-electron chi connectivity index (χ2n) is 7.39. The van der Waals surface area contributed by atoms with Crippen LogP contribution in [0.15, 0.2) is 53.7 Å². The molecule has 0 spiro atoms. The summed E-state index contributed by atoms with van der Waals surface area (Å²) in [5.74, 6) is -1.93. The number of nitrogens with zero attached hydrogens (tertiary/aromatic N) is 4. The fourth-order valence-electron chi connectivity index (χ4n) is 3.75. The first-order valence-corrected chi connectivity index (χ1v) is 11.1. The lowest BCUT2D eigenvalue weighted by Gasteiger charge is -2.33. The van der Waals surface area contributed by atoms with Crippen molar-refractivity contribution in [2.45, 2.75) is 30.5 Å². The van der Waals surface area contributed by atoms with Crippen molar-refractivity contribution in [2.75, 3.05) is 12.3 Å². The van der Waals surface area contributed by atoms with Crippen LogP contribution < -0.4 is 5.73 Å². The molecule has 3 aromatic rings. The Hall–Kier alpha value is -3.27. The summed E-state index contributed by atoms with van der Waals surface area (Å²) in [6, 6.07) is 11.7. The molecule has 2 amide bonds. The summed E-state index contributed by atoms with van der Waals surface area (Å²) in [5.41, 5.74) is 6.22. The zero-order chi connectivity index (χ0) is 22.7. The molecule has 0 saturated carbocycles. The van der Waals surface area contributed by atoms with E-state index in [2.05, 4.69) is 10.2 Å². The van der Waals surface area contributed by atoms with Crippen LogP contribution in [0, 0.1) is 11.6 Å². The molecule has 1 aliphatic rings. The highest BCUT2D eigenvalue weighted by molar-refractivity contribution is 7.99. The number of piperidine rings is 1. The summed E-state index contributed by atoms with van der Waals surface area (Å²) in [6.07, 6.45) is 2.18. The van der Waals surface area contributed by atoms with Crippen LogP contribution in [0.4, 0.5) is 8.78 Å². The molecule has 1 fully saturated rings. The van der Waals surface area contributed by atoms with Crippen LogP contribution in [0.3, 0.4) is 0 Å². The number of halogens is 2. The van der Waals surface area contributed by atoms with E-state index in [1.165, 1.54) is 15.5 Å². The molecule has 1 atom stereocenters. The van der Waals surface area contributed by atoms with E-state index in [4.69, 9.17) is 5.73 Å². The van der Waals surface area contributed by atoms with Crippen LogP contribution in [0.25, 0.3) is 17.1 Å². The van der Waals surface area contributed by atoms with Gasteiger partial charge in [0.25, 0.3) is 0 Å². The predicted molar refractivity (Wildman–Crippen MR) is 116 cm³/mol. The van der Waals surface area contributed by atoms with Crippen molar-refractivity contribution in [3.05, 3.63) is 60.2 Å². The van der Waals surface area contributed by atoms with Gasteiger partial charge >= 0.3 is 0 Å². The van der Waals surface area contributed by atoms with Gasteiger partial charge in [0.15, 0.2) is 11.0 Å². The van der Waals surface area contributed by atoms with Gasteiger partial charge in [0.1, 0.15) is 17.7 Å². The van der Waals surface area contributed by atoms with Crippen molar-refractivity contribution in [1.29, 1.82) is 0 Å². The minimum absolute atomic E-state index is 0.0283. The number of primary amides is 1. The van der Waals surface area contributed by atoms with Crippen molar-refractivity contribution < 1.29 is 18.4 Å². The third-order valence-corrected chi connectivity index (χ3v) is 6.21. The van der Waals surface area contributed by atoms with Crippen LogP contribution in [-0.2, 0) is 9.59 Å². The van der Waals surface area contributed by atoms with E-state index in [9.17, 15) is 18.4 Å². The lowest BCUT2D eigenvalue weighted by molar-refractivity contribution is -0.138. The maximum Gasteiger partial charge on any atom is 0.240 e. The minimum Gasteiger partial charge on any atom is -0.368 e. The first-order chi connectivity index (χ1) is 15.5. The van der Waals surface area contributed by atoms with Gasteiger partial charge in [-0.1, -0.05) is 42.1 Å². The van der Waals surface area contributed by atoms with E-state index in [-0.39, 0.29) is 22.5 Å². The van der Waals surface area contributed by atoms with Crippen molar-refractivity contribution in [3.63, 3.8) is 0 Å². The quantitative estimate of drug-likeness (QED) is 0.574. The zero-order valence-corrected chi connectivity index (χ0v) is 17.9. The molecule has 0 bridgehead atoms. The number of aromatic nitrogens is 3. The van der Waals surface area contributed by atoms with E-state index in [1.54, 1.807) is 12.1 Å². The number of hydrogen-bond acceptors (Lipinski definition) is 5.